The van der Waals surface area contributed by atoms with Gasteiger partial charge in [0, 0.05) is 0 Å². The molecule has 1 N–H and O–H groups in total. The summed E-state index contributed by atoms with van der Waals surface area (Å²) in [7, 11) is 0. The molecule has 1 heteroatoms. The van der Waals surface area contributed by atoms with Crippen molar-refractivity contribution in [2.75, 3.05) is 0 Å². The van der Waals surface area contributed by atoms with E-state index in [1.165, 1.54) is 70.6 Å². The van der Waals surface area contributed by atoms with E-state index in [1.807, 2.05) is 0 Å². The number of fused-ring (bicyclic) bond motifs is 5. The third kappa shape index (κ3) is 2.74. The van der Waals surface area contributed by atoms with Crippen LogP contribution in [-0.4, -0.2) is 11.2 Å². The predicted octanol–water partition coefficient (Wildman–Crippen LogP) is 6.59. The molecule has 1 nitrogen and oxygen atoms in total. The van der Waals surface area contributed by atoms with Crippen molar-refractivity contribution >= 4 is 0 Å². The van der Waals surface area contributed by atoms with Gasteiger partial charge in [0.05, 0.1) is 6.10 Å². The lowest BCUT2D eigenvalue weighted by Gasteiger charge is -2.61. The van der Waals surface area contributed by atoms with E-state index in [1.54, 1.807) is 0 Å². The molecule has 0 aromatic heterocycles. The SMILES string of the molecule is CCCCC1CCC2C3CCC4C[C@H](O)CCC4(C)C3CCC12CC. The first-order chi connectivity index (χ1) is 12.0. The third-order valence-electron chi connectivity index (χ3n) is 10.1. The minimum absolute atomic E-state index is 0.00199. The quantitative estimate of drug-likeness (QED) is 0.609. The van der Waals surface area contributed by atoms with Crippen molar-refractivity contribution in [3.8, 4) is 0 Å². The summed E-state index contributed by atoms with van der Waals surface area (Å²) in [5.41, 5.74) is 1.25. The Kier molecular flexibility index (Phi) is 5.02. The molecule has 7 unspecified atom stereocenters. The second kappa shape index (κ2) is 6.84. The monoisotopic (exact) mass is 346 g/mol. The van der Waals surface area contributed by atoms with Crippen LogP contribution in [-0.2, 0) is 0 Å². The topological polar surface area (TPSA) is 20.2 Å². The zero-order valence-electron chi connectivity index (χ0n) is 17.1. The molecule has 144 valence electrons. The van der Waals surface area contributed by atoms with Gasteiger partial charge in [0.1, 0.15) is 0 Å². The van der Waals surface area contributed by atoms with Gasteiger partial charge in [-0.05, 0) is 111 Å². The summed E-state index contributed by atoms with van der Waals surface area (Å²) in [4.78, 5) is 0. The highest BCUT2D eigenvalue weighted by molar-refractivity contribution is 5.10. The van der Waals surface area contributed by atoms with Crippen LogP contribution in [0.4, 0.5) is 0 Å². The van der Waals surface area contributed by atoms with Crippen molar-refractivity contribution in [2.24, 2.45) is 40.4 Å². The summed E-state index contributed by atoms with van der Waals surface area (Å²) >= 11 is 0. The van der Waals surface area contributed by atoms with Crippen molar-refractivity contribution in [3.05, 3.63) is 0 Å². The molecule has 0 aromatic rings. The molecular formula is C24H42O. The van der Waals surface area contributed by atoms with E-state index in [-0.39, 0.29) is 6.10 Å². The second-order valence-corrected chi connectivity index (χ2v) is 10.6. The molecule has 0 radical (unpaired) electrons. The van der Waals surface area contributed by atoms with Crippen LogP contribution in [0.3, 0.4) is 0 Å². The van der Waals surface area contributed by atoms with Crippen LogP contribution in [0.15, 0.2) is 0 Å². The van der Waals surface area contributed by atoms with E-state index in [9.17, 15) is 5.11 Å². The zero-order chi connectivity index (χ0) is 17.7. The summed E-state index contributed by atoms with van der Waals surface area (Å²) < 4.78 is 0. The Balaban J connectivity index is 1.57. The first kappa shape index (κ1) is 18.3. The normalized spacial score (nSPS) is 52.3. The average molecular weight is 347 g/mol. The summed E-state index contributed by atoms with van der Waals surface area (Å²) in [6, 6.07) is 0. The summed E-state index contributed by atoms with van der Waals surface area (Å²) in [5.74, 6) is 4.85. The van der Waals surface area contributed by atoms with Gasteiger partial charge in [0.15, 0.2) is 0 Å². The molecule has 4 aliphatic carbocycles. The standard InChI is InChI=1S/C24H42O/c1-4-6-7-17-9-11-22-20-10-8-18-16-19(25)12-14-23(18,3)21(20)13-15-24(17,22)5-2/h17-22,25H,4-16H2,1-3H3/t17?,18?,19-,20?,21?,22?,23?,24?/m1/s1. The Hall–Kier alpha value is -0.0400. The van der Waals surface area contributed by atoms with Gasteiger partial charge in [0.25, 0.3) is 0 Å². The number of unbranched alkanes of at least 4 members (excludes halogenated alkanes) is 1. The Morgan fingerprint density at radius 1 is 0.920 bits per heavy atom. The highest BCUT2D eigenvalue weighted by Crippen LogP contribution is 2.68. The average Bonchev–Trinajstić information content (AvgIpc) is 2.99. The lowest BCUT2D eigenvalue weighted by molar-refractivity contribution is -0.131. The van der Waals surface area contributed by atoms with Crippen molar-refractivity contribution in [1.82, 2.24) is 0 Å². The van der Waals surface area contributed by atoms with Crippen LogP contribution in [0.2, 0.25) is 0 Å². The third-order valence-corrected chi connectivity index (χ3v) is 10.1. The molecule has 4 aliphatic rings. The molecule has 0 spiro atoms. The predicted molar refractivity (Wildman–Crippen MR) is 105 cm³/mol. The number of hydrogen-bond acceptors (Lipinski definition) is 1. The zero-order valence-corrected chi connectivity index (χ0v) is 17.1. The Morgan fingerprint density at radius 3 is 2.52 bits per heavy atom. The van der Waals surface area contributed by atoms with Gasteiger partial charge < -0.3 is 5.11 Å². The van der Waals surface area contributed by atoms with Gasteiger partial charge in [0.2, 0.25) is 0 Å². The molecule has 4 rings (SSSR count). The van der Waals surface area contributed by atoms with Crippen LogP contribution in [0.5, 0.6) is 0 Å². The summed E-state index contributed by atoms with van der Waals surface area (Å²) in [5, 5.41) is 10.2. The van der Waals surface area contributed by atoms with Crippen LogP contribution in [0.25, 0.3) is 0 Å². The van der Waals surface area contributed by atoms with Crippen molar-refractivity contribution in [2.45, 2.75) is 110 Å². The highest BCUT2D eigenvalue weighted by atomic mass is 16.3. The molecule has 0 aromatic carbocycles. The molecule has 0 aliphatic heterocycles. The van der Waals surface area contributed by atoms with Gasteiger partial charge in [-0.15, -0.1) is 0 Å². The van der Waals surface area contributed by atoms with E-state index in [2.05, 4.69) is 20.8 Å². The number of rotatable bonds is 4. The largest absolute Gasteiger partial charge is 0.393 e. The lowest BCUT2D eigenvalue weighted by Crippen LogP contribution is -2.54. The van der Waals surface area contributed by atoms with Crippen LogP contribution < -0.4 is 0 Å². The van der Waals surface area contributed by atoms with Crippen LogP contribution in [0.1, 0.15) is 104 Å². The second-order valence-electron chi connectivity index (χ2n) is 10.6. The van der Waals surface area contributed by atoms with Crippen molar-refractivity contribution < 1.29 is 5.11 Å². The molecular weight excluding hydrogens is 304 g/mol. The van der Waals surface area contributed by atoms with E-state index < -0.39 is 0 Å². The fourth-order valence-electron chi connectivity index (χ4n) is 8.76. The maximum atomic E-state index is 10.2. The van der Waals surface area contributed by atoms with Gasteiger partial charge in [-0.25, -0.2) is 0 Å². The fraction of sp³-hybridized carbons (Fsp3) is 1.00. The summed E-state index contributed by atoms with van der Waals surface area (Å²) in [6.07, 6.45) is 18.2. The van der Waals surface area contributed by atoms with Crippen molar-refractivity contribution in [1.29, 1.82) is 0 Å². The van der Waals surface area contributed by atoms with E-state index in [0.717, 1.165) is 42.4 Å². The number of aliphatic hydroxyl groups excluding tert-OH is 1. The van der Waals surface area contributed by atoms with Gasteiger partial charge >= 0.3 is 0 Å². The fourth-order valence-corrected chi connectivity index (χ4v) is 8.76. The highest BCUT2D eigenvalue weighted by Gasteiger charge is 2.60. The minimum Gasteiger partial charge on any atom is -0.393 e. The van der Waals surface area contributed by atoms with Gasteiger partial charge in [-0.1, -0.05) is 33.6 Å². The van der Waals surface area contributed by atoms with E-state index in [4.69, 9.17) is 0 Å². The molecule has 0 heterocycles. The lowest BCUT2D eigenvalue weighted by atomic mass is 9.44. The molecule has 0 bridgehead atoms. The van der Waals surface area contributed by atoms with Gasteiger partial charge in [-0.3, -0.25) is 0 Å². The van der Waals surface area contributed by atoms with Crippen LogP contribution >= 0.6 is 0 Å². The van der Waals surface area contributed by atoms with E-state index >= 15 is 0 Å². The van der Waals surface area contributed by atoms with Crippen molar-refractivity contribution in [3.63, 3.8) is 0 Å². The molecule has 8 atom stereocenters. The Bertz CT molecular complexity index is 473. The van der Waals surface area contributed by atoms with Gasteiger partial charge in [-0.2, -0.15) is 0 Å². The van der Waals surface area contributed by atoms with Crippen LogP contribution in [0, 0.1) is 40.4 Å². The number of hydrogen-bond donors (Lipinski definition) is 1. The smallest absolute Gasteiger partial charge is 0.0543 e. The molecule has 4 saturated carbocycles. The first-order valence-electron chi connectivity index (χ1n) is 11.7. The maximum absolute atomic E-state index is 10.2. The van der Waals surface area contributed by atoms with E-state index in [0.29, 0.717) is 10.8 Å². The summed E-state index contributed by atoms with van der Waals surface area (Å²) in [6.45, 7) is 7.51. The Morgan fingerprint density at radius 2 is 1.76 bits per heavy atom. The Labute approximate surface area is 156 Å². The molecule has 0 amide bonds. The molecule has 0 saturated heterocycles. The molecule has 4 fully saturated rings. The number of aliphatic hydroxyl groups is 1. The first-order valence-corrected chi connectivity index (χ1v) is 11.7. The minimum atomic E-state index is -0.00199. The maximum Gasteiger partial charge on any atom is 0.0543 e. The molecule has 25 heavy (non-hydrogen) atoms.